The summed E-state index contributed by atoms with van der Waals surface area (Å²) in [5, 5.41) is 0. The molecule has 17 heavy (non-hydrogen) atoms. The first-order chi connectivity index (χ1) is 7.79. The van der Waals surface area contributed by atoms with Gasteiger partial charge in [-0.15, -0.1) is 0 Å². The first kappa shape index (κ1) is 15.7. The van der Waals surface area contributed by atoms with E-state index in [0.29, 0.717) is 5.92 Å². The van der Waals surface area contributed by atoms with Crippen molar-refractivity contribution in [2.45, 2.75) is 36.9 Å². The van der Waals surface area contributed by atoms with Crippen LogP contribution in [0.15, 0.2) is 30.3 Å². The van der Waals surface area contributed by atoms with Crippen LogP contribution in [0.25, 0.3) is 0 Å². The summed E-state index contributed by atoms with van der Waals surface area (Å²) in [6.07, 6.45) is 6.25. The molecule has 0 spiro atoms. The van der Waals surface area contributed by atoms with Crippen molar-refractivity contribution in [2.24, 2.45) is 5.92 Å². The smallest absolute Gasteiger partial charge is 0.176 e. The number of ketones is 1. The van der Waals surface area contributed by atoms with Gasteiger partial charge in [0.2, 0.25) is 0 Å². The molecule has 0 aliphatic heterocycles. The summed E-state index contributed by atoms with van der Waals surface area (Å²) < 4.78 is 0. The van der Waals surface area contributed by atoms with Crippen molar-refractivity contribution in [3.05, 3.63) is 35.9 Å². The monoisotopic (exact) mass is 320 g/mol. The van der Waals surface area contributed by atoms with Gasteiger partial charge in [-0.3, -0.25) is 4.79 Å². The fourth-order valence-corrected chi connectivity index (χ4v) is 3.20. The second-order valence-electron chi connectivity index (χ2n) is 4.53. The van der Waals surface area contributed by atoms with E-state index in [1.54, 1.807) is 0 Å². The standard InChI is InChI=1S/C14H17BrO.Ar/c15-13(11-7-3-1-4-8-11)14(16)12-9-5-2-6-10-12;/h2,5-6,9-11,13H,1,3-4,7-8H2;. The summed E-state index contributed by atoms with van der Waals surface area (Å²) in [4.78, 5) is 12.2. The van der Waals surface area contributed by atoms with Crippen LogP contribution < -0.4 is 0 Å². The normalized spacial score (nSPS) is 18.2. The first-order valence-electron chi connectivity index (χ1n) is 6.02. The molecule has 0 N–H and O–H groups in total. The zero-order valence-electron chi connectivity index (χ0n) is 9.72. The Kier molecular flexibility index (Phi) is 7.32. The number of Topliss-reactive ketones (excluding diaryl/α,β-unsaturated/α-hetero) is 1. The molecule has 1 nitrogen and oxygen atoms in total. The number of carbonyl (C=O) groups is 1. The molecule has 0 heterocycles. The van der Waals surface area contributed by atoms with Crippen molar-refractivity contribution in [1.82, 2.24) is 0 Å². The summed E-state index contributed by atoms with van der Waals surface area (Å²) in [6.45, 7) is 0. The number of benzene rings is 1. The number of halogens is 1. The van der Waals surface area contributed by atoms with Gasteiger partial charge in [-0.1, -0.05) is 65.5 Å². The van der Waals surface area contributed by atoms with Gasteiger partial charge in [0, 0.05) is 43.3 Å². The molecule has 2 rings (SSSR count). The molecule has 0 amide bonds. The first-order valence-corrected chi connectivity index (χ1v) is 6.94. The molecular weight excluding hydrogens is 304 g/mol. The van der Waals surface area contributed by atoms with E-state index < -0.39 is 0 Å². The van der Waals surface area contributed by atoms with Crippen molar-refractivity contribution in [1.29, 1.82) is 0 Å². The van der Waals surface area contributed by atoms with Gasteiger partial charge in [-0.25, -0.2) is 0 Å². The van der Waals surface area contributed by atoms with Crippen LogP contribution in [0.5, 0.6) is 0 Å². The number of hydrogen-bond acceptors (Lipinski definition) is 1. The van der Waals surface area contributed by atoms with Gasteiger partial charge in [0.15, 0.2) is 5.78 Å². The van der Waals surface area contributed by atoms with Gasteiger partial charge in [0.25, 0.3) is 0 Å². The van der Waals surface area contributed by atoms with E-state index in [-0.39, 0.29) is 48.3 Å². The van der Waals surface area contributed by atoms with Gasteiger partial charge in [-0.05, 0) is 18.8 Å². The van der Waals surface area contributed by atoms with Crippen molar-refractivity contribution in [3.63, 3.8) is 0 Å². The third-order valence-corrected chi connectivity index (χ3v) is 4.54. The van der Waals surface area contributed by atoms with Crippen LogP contribution in [0.4, 0.5) is 0 Å². The maximum atomic E-state index is 12.2. The van der Waals surface area contributed by atoms with Gasteiger partial charge in [0.1, 0.15) is 0 Å². The Morgan fingerprint density at radius 1 is 1.12 bits per heavy atom. The Balaban J connectivity index is 0.00000144. The van der Waals surface area contributed by atoms with E-state index >= 15 is 0 Å². The summed E-state index contributed by atoms with van der Waals surface area (Å²) in [5.74, 6) is 0.772. The van der Waals surface area contributed by atoms with Gasteiger partial charge in [0.05, 0.1) is 4.83 Å². The molecule has 0 radical (unpaired) electrons. The maximum Gasteiger partial charge on any atom is 0.176 e. The number of rotatable bonds is 3. The third kappa shape index (κ3) is 4.34. The van der Waals surface area contributed by atoms with Crippen molar-refractivity contribution < 1.29 is 42.5 Å². The van der Waals surface area contributed by atoms with E-state index in [1.807, 2.05) is 30.3 Å². The molecule has 1 fully saturated rings. The van der Waals surface area contributed by atoms with E-state index in [0.717, 1.165) is 5.56 Å². The molecule has 0 saturated heterocycles. The molecule has 0 aromatic heterocycles. The zero-order chi connectivity index (χ0) is 11.4. The second kappa shape index (κ2) is 7.93. The Morgan fingerprint density at radius 2 is 1.71 bits per heavy atom. The Bertz CT molecular complexity index is 346. The minimum atomic E-state index is 0. The van der Waals surface area contributed by atoms with Crippen molar-refractivity contribution in [3.8, 4) is 0 Å². The summed E-state index contributed by atoms with van der Waals surface area (Å²) >= 11 is 3.59. The van der Waals surface area contributed by atoms with Crippen LogP contribution >= 0.6 is 15.9 Å². The van der Waals surface area contributed by atoms with Crippen molar-refractivity contribution in [2.75, 3.05) is 0 Å². The maximum absolute atomic E-state index is 12.2. The van der Waals surface area contributed by atoms with E-state index in [2.05, 4.69) is 15.9 Å². The average Bonchev–Trinajstić information content (AvgIpc) is 2.39. The van der Waals surface area contributed by atoms with Gasteiger partial charge >= 0.3 is 0 Å². The third-order valence-electron chi connectivity index (χ3n) is 3.37. The largest absolute Gasteiger partial charge is 0.293 e. The molecule has 0 bridgehead atoms. The van der Waals surface area contributed by atoms with Crippen LogP contribution in [-0.4, -0.2) is 10.6 Å². The fraction of sp³-hybridized carbons (Fsp3) is 0.500. The molecule has 3 heteroatoms. The van der Waals surface area contributed by atoms with Crippen LogP contribution in [-0.2, 0) is 0 Å². The number of alkyl halides is 1. The summed E-state index contributed by atoms with van der Waals surface area (Å²) in [6, 6.07) is 9.60. The van der Waals surface area contributed by atoms with Crippen LogP contribution in [0, 0.1) is 43.7 Å². The average molecular weight is 321 g/mol. The van der Waals surface area contributed by atoms with E-state index in [1.165, 1.54) is 32.1 Å². The molecule has 1 atom stereocenters. The molecule has 1 unspecified atom stereocenters. The van der Waals surface area contributed by atoms with E-state index in [4.69, 9.17) is 0 Å². The van der Waals surface area contributed by atoms with Crippen LogP contribution in [0.3, 0.4) is 0 Å². The SMILES string of the molecule is O=C(c1ccccc1)C(Br)C1CCCCC1.[Ar]. The van der Waals surface area contributed by atoms with Gasteiger partial charge < -0.3 is 0 Å². The van der Waals surface area contributed by atoms with Gasteiger partial charge in [-0.2, -0.15) is 0 Å². The molecule has 1 aromatic carbocycles. The quantitative estimate of drug-likeness (QED) is 0.602. The minimum absolute atomic E-state index is 0. The number of hydrogen-bond donors (Lipinski definition) is 0. The Morgan fingerprint density at radius 3 is 2.29 bits per heavy atom. The minimum Gasteiger partial charge on any atom is -0.293 e. The summed E-state index contributed by atoms with van der Waals surface area (Å²) in [7, 11) is 0. The van der Waals surface area contributed by atoms with Crippen LogP contribution in [0.2, 0.25) is 0 Å². The molecular formula is C14H17ArBrO. The number of carbonyl (C=O) groups excluding carboxylic acids is 1. The predicted molar refractivity (Wildman–Crippen MR) is 70.1 cm³/mol. The Labute approximate surface area is 141 Å². The second-order valence-corrected chi connectivity index (χ2v) is 5.52. The van der Waals surface area contributed by atoms with Crippen molar-refractivity contribution >= 4 is 21.7 Å². The zero-order valence-corrected chi connectivity index (χ0v) is 12.0. The Hall–Kier alpha value is 0.630. The molecule has 1 aromatic rings. The molecule has 1 aliphatic carbocycles. The molecule has 1 saturated carbocycles. The predicted octanol–water partition coefficient (Wildman–Crippen LogP) is 4.21. The summed E-state index contributed by atoms with van der Waals surface area (Å²) in [5.41, 5.74) is 0.829. The van der Waals surface area contributed by atoms with E-state index in [9.17, 15) is 4.79 Å². The molecule has 1 aliphatic rings. The fourth-order valence-electron chi connectivity index (χ4n) is 2.40. The molecule has 94 valence electrons. The van der Waals surface area contributed by atoms with Crippen LogP contribution in [0.1, 0.15) is 42.5 Å². The topological polar surface area (TPSA) is 17.1 Å².